The van der Waals surface area contributed by atoms with Gasteiger partial charge in [0.1, 0.15) is 0 Å². The second-order valence-corrected chi connectivity index (χ2v) is 4.78. The van der Waals surface area contributed by atoms with Gasteiger partial charge >= 0.3 is 24.3 Å². The molecule has 0 aromatic heterocycles. The van der Waals surface area contributed by atoms with Gasteiger partial charge in [-0.15, -0.1) is 0 Å². The van der Waals surface area contributed by atoms with Crippen LogP contribution in [0.2, 0.25) is 0 Å². The molecule has 0 bridgehead atoms. The van der Waals surface area contributed by atoms with E-state index in [1.165, 1.54) is 18.2 Å². The molecule has 0 radical (unpaired) electrons. The van der Waals surface area contributed by atoms with E-state index >= 15 is 0 Å². The van der Waals surface area contributed by atoms with Crippen molar-refractivity contribution in [1.82, 2.24) is 5.32 Å². The van der Waals surface area contributed by atoms with E-state index in [9.17, 15) is 27.2 Å². The molecule has 0 aliphatic rings. The number of carbonyl (C=O) groups is 2. The predicted octanol–water partition coefficient (Wildman–Crippen LogP) is 3.17. The third-order valence-corrected chi connectivity index (χ3v) is 2.76. The Morgan fingerprint density at radius 2 is 1.95 bits per heavy atom. The van der Waals surface area contributed by atoms with Gasteiger partial charge in [-0.1, -0.05) is 15.9 Å². The molecule has 0 fully saturated rings. The highest BCUT2D eigenvalue weighted by molar-refractivity contribution is 9.10. The predicted molar refractivity (Wildman–Crippen MR) is 69.1 cm³/mol. The fourth-order valence-corrected chi connectivity index (χ4v) is 1.61. The van der Waals surface area contributed by atoms with Crippen LogP contribution in [0.3, 0.4) is 0 Å². The number of nitrogens with one attached hydrogen (secondary N) is 2. The zero-order valence-corrected chi connectivity index (χ0v) is 11.8. The minimum absolute atomic E-state index is 0.163. The maximum Gasteiger partial charge on any atom is 0.337 e. The molecule has 2 amide bonds. The molecule has 21 heavy (non-hydrogen) atoms. The summed E-state index contributed by atoms with van der Waals surface area (Å²) in [6.07, 6.45) is -3.92. The molecule has 0 saturated heterocycles. The largest absolute Gasteiger partial charge is 0.478 e. The molecule has 0 aliphatic heterocycles. The number of alkyl halides is 4. The van der Waals surface area contributed by atoms with E-state index in [2.05, 4.69) is 15.9 Å². The van der Waals surface area contributed by atoms with Crippen LogP contribution in [0.1, 0.15) is 10.4 Å². The smallest absolute Gasteiger partial charge is 0.337 e. The third-order valence-electron chi connectivity index (χ3n) is 2.26. The first-order chi connectivity index (χ1) is 9.63. The Bertz CT molecular complexity index is 554. The molecule has 0 saturated carbocycles. The molecule has 0 heterocycles. The minimum Gasteiger partial charge on any atom is -0.478 e. The quantitative estimate of drug-likeness (QED) is 0.694. The molecule has 116 valence electrons. The standard InChI is InChI=1S/C11H9BrF4N2O3/c12-5-1-2-7(6(3-5)8(19)20)18-10(21)17-4-11(15,16)9(13)14/h1-3,9H,4H2,(H,19,20)(H2,17,18,21). The normalized spacial score (nSPS) is 11.3. The highest BCUT2D eigenvalue weighted by atomic mass is 79.9. The lowest BCUT2D eigenvalue weighted by atomic mass is 10.2. The summed E-state index contributed by atoms with van der Waals surface area (Å²) in [5, 5.41) is 12.5. The summed E-state index contributed by atoms with van der Waals surface area (Å²) in [6.45, 7) is -1.57. The van der Waals surface area contributed by atoms with Gasteiger partial charge in [0.25, 0.3) is 0 Å². The zero-order valence-electron chi connectivity index (χ0n) is 10.2. The van der Waals surface area contributed by atoms with Gasteiger partial charge in [0.05, 0.1) is 17.8 Å². The number of aromatic carboxylic acids is 1. The fraction of sp³-hybridized carbons (Fsp3) is 0.273. The van der Waals surface area contributed by atoms with Crippen molar-refractivity contribution in [3.8, 4) is 0 Å². The summed E-state index contributed by atoms with van der Waals surface area (Å²) in [5.74, 6) is -5.73. The van der Waals surface area contributed by atoms with E-state index < -0.39 is 30.9 Å². The van der Waals surface area contributed by atoms with Crippen molar-refractivity contribution in [3.05, 3.63) is 28.2 Å². The third kappa shape index (κ3) is 4.88. The summed E-state index contributed by atoms with van der Waals surface area (Å²) in [5.41, 5.74) is -0.455. The van der Waals surface area contributed by atoms with E-state index in [1.807, 2.05) is 5.32 Å². The Hall–Kier alpha value is -1.84. The van der Waals surface area contributed by atoms with Gasteiger partial charge in [-0.05, 0) is 18.2 Å². The van der Waals surface area contributed by atoms with Crippen LogP contribution in [0.4, 0.5) is 28.0 Å². The van der Waals surface area contributed by atoms with E-state index in [4.69, 9.17) is 5.11 Å². The number of halogens is 5. The van der Waals surface area contributed by atoms with Crippen molar-refractivity contribution < 1.29 is 32.3 Å². The van der Waals surface area contributed by atoms with Crippen molar-refractivity contribution >= 4 is 33.6 Å². The maximum atomic E-state index is 12.6. The number of hydrogen-bond donors (Lipinski definition) is 3. The SMILES string of the molecule is O=C(NCC(F)(F)C(F)F)Nc1ccc(Br)cc1C(=O)O. The van der Waals surface area contributed by atoms with Gasteiger partial charge in [0.2, 0.25) is 0 Å². The van der Waals surface area contributed by atoms with Crippen LogP contribution < -0.4 is 10.6 Å². The summed E-state index contributed by atoms with van der Waals surface area (Å²) < 4.78 is 49.5. The number of hydrogen-bond acceptors (Lipinski definition) is 2. The molecule has 1 aromatic carbocycles. The fourth-order valence-electron chi connectivity index (χ4n) is 1.24. The lowest BCUT2D eigenvalue weighted by Crippen LogP contribution is -2.43. The Balaban J connectivity index is 2.74. The van der Waals surface area contributed by atoms with Crippen LogP contribution in [0.25, 0.3) is 0 Å². The number of carboxylic acids is 1. The number of benzene rings is 1. The molecule has 0 atom stereocenters. The molecule has 3 N–H and O–H groups in total. The maximum absolute atomic E-state index is 12.6. The second kappa shape index (κ2) is 6.74. The number of carbonyl (C=O) groups excluding carboxylic acids is 1. The molecular formula is C11H9BrF4N2O3. The lowest BCUT2D eigenvalue weighted by Gasteiger charge is -2.16. The molecule has 0 unspecified atom stereocenters. The summed E-state index contributed by atoms with van der Waals surface area (Å²) in [6, 6.07) is 2.60. The van der Waals surface area contributed by atoms with Gasteiger partial charge < -0.3 is 15.7 Å². The first-order valence-corrected chi connectivity index (χ1v) is 6.16. The van der Waals surface area contributed by atoms with Crippen LogP contribution in [0.15, 0.2) is 22.7 Å². The summed E-state index contributed by atoms with van der Waals surface area (Å²) >= 11 is 3.03. The van der Waals surface area contributed by atoms with Crippen molar-refractivity contribution in [3.63, 3.8) is 0 Å². The van der Waals surface area contributed by atoms with E-state index in [1.54, 1.807) is 5.32 Å². The van der Waals surface area contributed by atoms with Crippen LogP contribution in [-0.2, 0) is 0 Å². The lowest BCUT2D eigenvalue weighted by molar-refractivity contribution is -0.123. The monoisotopic (exact) mass is 372 g/mol. The highest BCUT2D eigenvalue weighted by Crippen LogP contribution is 2.22. The van der Waals surface area contributed by atoms with Crippen molar-refractivity contribution in [1.29, 1.82) is 0 Å². The van der Waals surface area contributed by atoms with E-state index in [0.717, 1.165) is 0 Å². The second-order valence-electron chi connectivity index (χ2n) is 3.86. The van der Waals surface area contributed by atoms with Gasteiger partial charge in [-0.2, -0.15) is 8.78 Å². The Kier molecular flexibility index (Phi) is 5.53. The average Bonchev–Trinajstić information content (AvgIpc) is 2.38. The molecule has 5 nitrogen and oxygen atoms in total. The average molecular weight is 373 g/mol. The van der Waals surface area contributed by atoms with Crippen molar-refractivity contribution in [2.75, 3.05) is 11.9 Å². The van der Waals surface area contributed by atoms with Crippen molar-refractivity contribution in [2.24, 2.45) is 0 Å². The minimum atomic E-state index is -4.37. The van der Waals surface area contributed by atoms with Crippen LogP contribution in [-0.4, -0.2) is 36.0 Å². The molecule has 0 aliphatic carbocycles. The first-order valence-electron chi connectivity index (χ1n) is 5.37. The number of carboxylic acid groups (broad SMARTS) is 1. The van der Waals surface area contributed by atoms with Crippen LogP contribution in [0, 0.1) is 0 Å². The number of amides is 2. The van der Waals surface area contributed by atoms with Crippen LogP contribution in [0.5, 0.6) is 0 Å². The van der Waals surface area contributed by atoms with Gasteiger partial charge in [-0.3, -0.25) is 0 Å². The Labute approximate surface area is 124 Å². The molecule has 10 heteroatoms. The first kappa shape index (κ1) is 17.2. The number of urea groups is 1. The zero-order chi connectivity index (χ0) is 16.2. The van der Waals surface area contributed by atoms with E-state index in [0.29, 0.717) is 4.47 Å². The molecule has 1 aromatic rings. The van der Waals surface area contributed by atoms with Crippen LogP contribution >= 0.6 is 15.9 Å². The summed E-state index contributed by atoms with van der Waals surface area (Å²) in [7, 11) is 0. The molecule has 0 spiro atoms. The molecule has 1 rings (SSSR count). The van der Waals surface area contributed by atoms with Crippen molar-refractivity contribution in [2.45, 2.75) is 12.3 Å². The Morgan fingerprint density at radius 1 is 1.33 bits per heavy atom. The summed E-state index contributed by atoms with van der Waals surface area (Å²) in [4.78, 5) is 22.3. The highest BCUT2D eigenvalue weighted by Gasteiger charge is 2.40. The van der Waals surface area contributed by atoms with Gasteiger partial charge in [0, 0.05) is 4.47 Å². The van der Waals surface area contributed by atoms with Gasteiger partial charge in [0.15, 0.2) is 0 Å². The number of anilines is 1. The van der Waals surface area contributed by atoms with Gasteiger partial charge in [-0.25, -0.2) is 18.4 Å². The molecular weight excluding hydrogens is 364 g/mol. The topological polar surface area (TPSA) is 78.4 Å². The number of rotatable bonds is 5. The van der Waals surface area contributed by atoms with E-state index in [-0.39, 0.29) is 11.3 Å². The Morgan fingerprint density at radius 3 is 2.48 bits per heavy atom.